The summed E-state index contributed by atoms with van der Waals surface area (Å²) in [5, 5.41) is 0. The number of aldehydes is 1. The standard InChI is InChI=1S/C18H20O3/c1-2-16(12-13-19)21-18-10-8-17(9-11-18)20-14-15-6-4-3-5-7-15/h3-11,13,16H,2,12,14H2,1H3/t16-/m0/s1. The average molecular weight is 284 g/mol. The van der Waals surface area contributed by atoms with Gasteiger partial charge in [-0.05, 0) is 36.2 Å². The van der Waals surface area contributed by atoms with Gasteiger partial charge < -0.3 is 14.3 Å². The predicted molar refractivity (Wildman–Crippen MR) is 82.6 cm³/mol. The molecule has 0 saturated carbocycles. The Balaban J connectivity index is 1.88. The Kier molecular flexibility index (Phi) is 5.83. The summed E-state index contributed by atoms with van der Waals surface area (Å²) in [6, 6.07) is 17.5. The third kappa shape index (κ3) is 4.95. The molecule has 0 aliphatic carbocycles. The molecule has 0 fully saturated rings. The van der Waals surface area contributed by atoms with Crippen LogP contribution in [0.4, 0.5) is 0 Å². The average Bonchev–Trinajstić information content (AvgIpc) is 2.54. The van der Waals surface area contributed by atoms with Crippen LogP contribution in [0, 0.1) is 0 Å². The van der Waals surface area contributed by atoms with Crippen LogP contribution in [0.5, 0.6) is 11.5 Å². The Morgan fingerprint density at radius 1 is 1.00 bits per heavy atom. The van der Waals surface area contributed by atoms with E-state index in [0.29, 0.717) is 13.0 Å². The molecule has 1 atom stereocenters. The number of benzene rings is 2. The lowest BCUT2D eigenvalue weighted by molar-refractivity contribution is -0.109. The molecule has 0 unspecified atom stereocenters. The summed E-state index contributed by atoms with van der Waals surface area (Å²) in [4.78, 5) is 10.5. The fraction of sp³-hybridized carbons (Fsp3) is 0.278. The van der Waals surface area contributed by atoms with Crippen molar-refractivity contribution in [3.05, 3.63) is 60.2 Å². The number of rotatable bonds is 8. The molecule has 0 aromatic heterocycles. The van der Waals surface area contributed by atoms with Gasteiger partial charge in [-0.25, -0.2) is 0 Å². The van der Waals surface area contributed by atoms with Gasteiger partial charge in [-0.15, -0.1) is 0 Å². The summed E-state index contributed by atoms with van der Waals surface area (Å²) in [6.07, 6.45) is 2.07. The number of carbonyl (C=O) groups excluding carboxylic acids is 1. The molecule has 2 aromatic carbocycles. The highest BCUT2D eigenvalue weighted by atomic mass is 16.5. The topological polar surface area (TPSA) is 35.5 Å². The molecule has 0 heterocycles. The first-order valence-corrected chi connectivity index (χ1v) is 7.19. The highest BCUT2D eigenvalue weighted by molar-refractivity contribution is 5.50. The molecule has 0 amide bonds. The van der Waals surface area contributed by atoms with Crippen LogP contribution in [-0.4, -0.2) is 12.4 Å². The van der Waals surface area contributed by atoms with E-state index in [9.17, 15) is 4.79 Å². The van der Waals surface area contributed by atoms with Gasteiger partial charge in [0.1, 0.15) is 30.5 Å². The van der Waals surface area contributed by atoms with E-state index in [-0.39, 0.29) is 6.10 Å². The molecular weight excluding hydrogens is 264 g/mol. The summed E-state index contributed by atoms with van der Waals surface area (Å²) in [6.45, 7) is 2.55. The number of ether oxygens (including phenoxy) is 2. The summed E-state index contributed by atoms with van der Waals surface area (Å²) in [7, 11) is 0. The maximum absolute atomic E-state index is 10.5. The zero-order chi connectivity index (χ0) is 14.9. The van der Waals surface area contributed by atoms with Crippen LogP contribution < -0.4 is 9.47 Å². The van der Waals surface area contributed by atoms with Gasteiger partial charge in [0.2, 0.25) is 0 Å². The SMILES string of the molecule is CC[C@@H](CC=O)Oc1ccc(OCc2ccccc2)cc1. The monoisotopic (exact) mass is 284 g/mol. The number of carbonyl (C=O) groups is 1. The Labute approximate surface area is 125 Å². The Morgan fingerprint density at radius 2 is 1.67 bits per heavy atom. The molecule has 0 saturated heterocycles. The van der Waals surface area contributed by atoms with E-state index >= 15 is 0 Å². The van der Waals surface area contributed by atoms with E-state index in [0.717, 1.165) is 29.8 Å². The Morgan fingerprint density at radius 3 is 2.29 bits per heavy atom. The molecule has 0 spiro atoms. The first kappa shape index (κ1) is 15.1. The van der Waals surface area contributed by atoms with E-state index in [4.69, 9.17) is 9.47 Å². The van der Waals surface area contributed by atoms with E-state index in [1.807, 2.05) is 61.5 Å². The van der Waals surface area contributed by atoms with Gasteiger partial charge in [0.15, 0.2) is 0 Å². The second kappa shape index (κ2) is 8.10. The van der Waals surface area contributed by atoms with Crippen molar-refractivity contribution >= 4 is 6.29 Å². The van der Waals surface area contributed by atoms with E-state index in [1.165, 1.54) is 0 Å². The zero-order valence-corrected chi connectivity index (χ0v) is 12.2. The van der Waals surface area contributed by atoms with Gasteiger partial charge in [-0.1, -0.05) is 37.3 Å². The Bertz CT molecular complexity index is 534. The quantitative estimate of drug-likeness (QED) is 0.687. The second-order valence-electron chi connectivity index (χ2n) is 4.80. The first-order valence-electron chi connectivity index (χ1n) is 7.19. The highest BCUT2D eigenvalue weighted by Gasteiger charge is 2.07. The van der Waals surface area contributed by atoms with Crippen molar-refractivity contribution in [1.82, 2.24) is 0 Å². The molecule has 2 aromatic rings. The largest absolute Gasteiger partial charge is 0.490 e. The molecule has 3 nitrogen and oxygen atoms in total. The molecule has 0 N–H and O–H groups in total. The molecule has 3 heteroatoms. The fourth-order valence-corrected chi connectivity index (χ4v) is 1.95. The van der Waals surface area contributed by atoms with Crippen LogP contribution >= 0.6 is 0 Å². The van der Waals surface area contributed by atoms with E-state index in [2.05, 4.69) is 0 Å². The summed E-state index contributed by atoms with van der Waals surface area (Å²) < 4.78 is 11.4. The van der Waals surface area contributed by atoms with Crippen LogP contribution in [0.1, 0.15) is 25.3 Å². The van der Waals surface area contributed by atoms with Crippen LogP contribution in [0.3, 0.4) is 0 Å². The molecule has 2 rings (SSSR count). The maximum atomic E-state index is 10.5. The van der Waals surface area contributed by atoms with Crippen LogP contribution in [0.25, 0.3) is 0 Å². The predicted octanol–water partition coefficient (Wildman–Crippen LogP) is 4.01. The maximum Gasteiger partial charge on any atom is 0.123 e. The molecule has 0 radical (unpaired) electrons. The zero-order valence-electron chi connectivity index (χ0n) is 12.2. The second-order valence-corrected chi connectivity index (χ2v) is 4.80. The summed E-state index contributed by atoms with van der Waals surface area (Å²) in [5.41, 5.74) is 1.13. The lowest BCUT2D eigenvalue weighted by atomic mass is 10.2. The van der Waals surface area contributed by atoms with E-state index in [1.54, 1.807) is 0 Å². The minimum Gasteiger partial charge on any atom is -0.490 e. The van der Waals surface area contributed by atoms with Gasteiger partial charge in [-0.2, -0.15) is 0 Å². The lowest BCUT2D eigenvalue weighted by Gasteiger charge is -2.15. The van der Waals surface area contributed by atoms with Crippen LogP contribution in [0.2, 0.25) is 0 Å². The van der Waals surface area contributed by atoms with Gasteiger partial charge in [-0.3, -0.25) is 0 Å². The number of hydrogen-bond donors (Lipinski definition) is 0. The molecule has 0 aliphatic heterocycles. The molecule has 0 aliphatic rings. The van der Waals surface area contributed by atoms with Crippen molar-refractivity contribution < 1.29 is 14.3 Å². The normalized spacial score (nSPS) is 11.7. The number of hydrogen-bond acceptors (Lipinski definition) is 3. The van der Waals surface area contributed by atoms with Crippen molar-refractivity contribution in [2.75, 3.05) is 0 Å². The highest BCUT2D eigenvalue weighted by Crippen LogP contribution is 2.20. The molecule has 21 heavy (non-hydrogen) atoms. The summed E-state index contributed by atoms with van der Waals surface area (Å²) >= 11 is 0. The minimum atomic E-state index is -0.0569. The summed E-state index contributed by atoms with van der Waals surface area (Å²) in [5.74, 6) is 1.56. The first-order chi connectivity index (χ1) is 10.3. The van der Waals surface area contributed by atoms with Crippen molar-refractivity contribution in [3.63, 3.8) is 0 Å². The minimum absolute atomic E-state index is 0.0569. The fourth-order valence-electron chi connectivity index (χ4n) is 1.95. The van der Waals surface area contributed by atoms with Crippen LogP contribution in [0.15, 0.2) is 54.6 Å². The van der Waals surface area contributed by atoms with Gasteiger partial charge in [0, 0.05) is 6.42 Å². The lowest BCUT2D eigenvalue weighted by Crippen LogP contribution is -2.15. The van der Waals surface area contributed by atoms with Gasteiger partial charge in [0.05, 0.1) is 0 Å². The third-order valence-electron chi connectivity index (χ3n) is 3.19. The smallest absolute Gasteiger partial charge is 0.123 e. The molecule has 0 bridgehead atoms. The van der Waals surface area contributed by atoms with E-state index < -0.39 is 0 Å². The van der Waals surface area contributed by atoms with Crippen molar-refractivity contribution in [2.45, 2.75) is 32.5 Å². The molecule has 110 valence electrons. The van der Waals surface area contributed by atoms with Crippen molar-refractivity contribution in [3.8, 4) is 11.5 Å². The van der Waals surface area contributed by atoms with Crippen molar-refractivity contribution in [2.24, 2.45) is 0 Å². The third-order valence-corrected chi connectivity index (χ3v) is 3.19. The van der Waals surface area contributed by atoms with Crippen LogP contribution in [-0.2, 0) is 11.4 Å². The van der Waals surface area contributed by atoms with Crippen molar-refractivity contribution in [1.29, 1.82) is 0 Å². The molecular formula is C18H20O3. The van der Waals surface area contributed by atoms with Gasteiger partial charge >= 0.3 is 0 Å². The Hall–Kier alpha value is -2.29. The van der Waals surface area contributed by atoms with Gasteiger partial charge in [0.25, 0.3) is 0 Å².